The third-order valence-corrected chi connectivity index (χ3v) is 4.26. The van der Waals surface area contributed by atoms with Gasteiger partial charge in [-0.1, -0.05) is 23.8 Å². The van der Waals surface area contributed by atoms with Crippen LogP contribution in [0.5, 0.6) is 0 Å². The van der Waals surface area contributed by atoms with Gasteiger partial charge in [-0.2, -0.15) is 0 Å². The van der Waals surface area contributed by atoms with Gasteiger partial charge in [-0.25, -0.2) is 0 Å². The Balaban J connectivity index is 1.94. The molecule has 124 valence electrons. The number of morpholine rings is 1. The quantitative estimate of drug-likeness (QED) is 0.833. The van der Waals surface area contributed by atoms with Gasteiger partial charge in [0.1, 0.15) is 0 Å². The number of benzene rings is 1. The fraction of sp³-hybridized carbons (Fsp3) is 0.667. The summed E-state index contributed by atoms with van der Waals surface area (Å²) in [5.41, 5.74) is 3.99. The molecule has 0 aromatic heterocycles. The van der Waals surface area contributed by atoms with Gasteiger partial charge in [-0.15, -0.1) is 0 Å². The zero-order valence-corrected chi connectivity index (χ0v) is 14.2. The molecule has 0 saturated carbocycles. The van der Waals surface area contributed by atoms with Crippen LogP contribution in [0.4, 0.5) is 0 Å². The molecule has 0 amide bonds. The number of aliphatic hydroxyl groups is 1. The van der Waals surface area contributed by atoms with E-state index in [1.807, 2.05) is 6.92 Å². The van der Waals surface area contributed by atoms with Crippen LogP contribution in [0, 0.1) is 13.8 Å². The maximum absolute atomic E-state index is 9.79. The molecule has 1 heterocycles. The van der Waals surface area contributed by atoms with E-state index in [2.05, 4.69) is 41.8 Å². The zero-order chi connectivity index (χ0) is 15.9. The number of aryl methyl sites for hydroxylation is 2. The molecule has 1 unspecified atom stereocenters. The van der Waals surface area contributed by atoms with E-state index >= 15 is 0 Å². The molecule has 0 spiro atoms. The molecular weight excluding hydrogens is 276 g/mol. The average molecular weight is 306 g/mol. The number of aliphatic hydroxyl groups excluding tert-OH is 1. The lowest BCUT2D eigenvalue weighted by atomic mass is 10.0. The summed E-state index contributed by atoms with van der Waals surface area (Å²) in [7, 11) is 0. The van der Waals surface area contributed by atoms with E-state index in [9.17, 15) is 5.11 Å². The molecule has 1 N–H and O–H groups in total. The molecule has 2 rings (SSSR count). The van der Waals surface area contributed by atoms with Crippen molar-refractivity contribution in [3.05, 3.63) is 34.9 Å². The molecule has 1 aromatic carbocycles. The second-order valence-electron chi connectivity index (χ2n) is 6.47. The normalized spacial score (nSPS) is 17.9. The van der Waals surface area contributed by atoms with Crippen molar-refractivity contribution in [2.24, 2.45) is 0 Å². The van der Waals surface area contributed by atoms with Crippen molar-refractivity contribution in [3.63, 3.8) is 0 Å². The Morgan fingerprint density at radius 3 is 2.68 bits per heavy atom. The van der Waals surface area contributed by atoms with Crippen LogP contribution >= 0.6 is 0 Å². The van der Waals surface area contributed by atoms with Crippen LogP contribution in [0.3, 0.4) is 0 Å². The number of ether oxygens (including phenoxy) is 1. The Kier molecular flexibility index (Phi) is 6.83. The first-order valence-electron chi connectivity index (χ1n) is 8.31. The molecule has 4 nitrogen and oxygen atoms in total. The van der Waals surface area contributed by atoms with Crippen molar-refractivity contribution >= 4 is 0 Å². The van der Waals surface area contributed by atoms with Crippen LogP contribution in [-0.4, -0.2) is 66.9 Å². The molecular formula is C18H30N2O2. The average Bonchev–Trinajstić information content (AvgIpc) is 2.49. The lowest BCUT2D eigenvalue weighted by Gasteiger charge is -2.31. The van der Waals surface area contributed by atoms with E-state index in [1.54, 1.807) is 0 Å². The summed E-state index contributed by atoms with van der Waals surface area (Å²) in [5, 5.41) is 9.79. The summed E-state index contributed by atoms with van der Waals surface area (Å²) in [6, 6.07) is 6.61. The number of rotatable bonds is 7. The SMILES string of the molecule is Cc1ccc(C)c(CN(CCN2CCOCC2)CC(C)O)c1. The van der Waals surface area contributed by atoms with Crippen LogP contribution in [0.25, 0.3) is 0 Å². The van der Waals surface area contributed by atoms with Crippen LogP contribution in [0.1, 0.15) is 23.6 Å². The lowest BCUT2D eigenvalue weighted by molar-refractivity contribution is 0.0299. The molecule has 1 aliphatic heterocycles. The van der Waals surface area contributed by atoms with Gasteiger partial charge in [0.15, 0.2) is 0 Å². The van der Waals surface area contributed by atoms with Gasteiger partial charge in [0.25, 0.3) is 0 Å². The second kappa shape index (κ2) is 8.63. The smallest absolute Gasteiger partial charge is 0.0639 e. The molecule has 1 aliphatic rings. The molecule has 0 bridgehead atoms. The van der Waals surface area contributed by atoms with Gasteiger partial charge in [-0.05, 0) is 31.9 Å². The highest BCUT2D eigenvalue weighted by Gasteiger charge is 2.15. The minimum absolute atomic E-state index is 0.296. The Labute approximate surface area is 134 Å². The summed E-state index contributed by atoms with van der Waals surface area (Å²) < 4.78 is 5.40. The Hall–Kier alpha value is -0.940. The number of hydrogen-bond acceptors (Lipinski definition) is 4. The van der Waals surface area contributed by atoms with Crippen molar-refractivity contribution in [2.75, 3.05) is 45.9 Å². The molecule has 1 aromatic rings. The maximum atomic E-state index is 9.79. The first-order valence-corrected chi connectivity index (χ1v) is 8.31. The predicted molar refractivity (Wildman–Crippen MR) is 90.1 cm³/mol. The molecule has 1 saturated heterocycles. The van der Waals surface area contributed by atoms with Crippen molar-refractivity contribution in [1.82, 2.24) is 9.80 Å². The summed E-state index contributed by atoms with van der Waals surface area (Å²) in [6.07, 6.45) is -0.296. The second-order valence-corrected chi connectivity index (χ2v) is 6.47. The van der Waals surface area contributed by atoms with E-state index in [0.29, 0.717) is 0 Å². The third kappa shape index (κ3) is 5.69. The van der Waals surface area contributed by atoms with Gasteiger partial charge < -0.3 is 9.84 Å². The van der Waals surface area contributed by atoms with Crippen LogP contribution < -0.4 is 0 Å². The largest absolute Gasteiger partial charge is 0.392 e. The van der Waals surface area contributed by atoms with Gasteiger partial charge in [0, 0.05) is 39.3 Å². The molecule has 22 heavy (non-hydrogen) atoms. The van der Waals surface area contributed by atoms with Gasteiger partial charge in [0.05, 0.1) is 19.3 Å². The fourth-order valence-electron chi connectivity index (χ4n) is 2.93. The van der Waals surface area contributed by atoms with Gasteiger partial charge >= 0.3 is 0 Å². The fourth-order valence-corrected chi connectivity index (χ4v) is 2.93. The first-order chi connectivity index (χ1) is 10.5. The highest BCUT2D eigenvalue weighted by Crippen LogP contribution is 2.14. The minimum atomic E-state index is -0.296. The van der Waals surface area contributed by atoms with Crippen molar-refractivity contribution < 1.29 is 9.84 Å². The highest BCUT2D eigenvalue weighted by molar-refractivity contribution is 5.30. The summed E-state index contributed by atoms with van der Waals surface area (Å²) in [6.45, 7) is 13.5. The van der Waals surface area contributed by atoms with Crippen LogP contribution in [0.2, 0.25) is 0 Å². The Morgan fingerprint density at radius 1 is 1.27 bits per heavy atom. The first kappa shape index (κ1) is 17.4. The van der Waals surface area contributed by atoms with E-state index in [-0.39, 0.29) is 6.10 Å². The van der Waals surface area contributed by atoms with Crippen molar-refractivity contribution in [3.8, 4) is 0 Å². The molecule has 1 fully saturated rings. The minimum Gasteiger partial charge on any atom is -0.392 e. The van der Waals surface area contributed by atoms with Gasteiger partial charge in [0.2, 0.25) is 0 Å². The van der Waals surface area contributed by atoms with Crippen molar-refractivity contribution in [1.29, 1.82) is 0 Å². The van der Waals surface area contributed by atoms with E-state index < -0.39 is 0 Å². The third-order valence-electron chi connectivity index (χ3n) is 4.26. The van der Waals surface area contributed by atoms with E-state index in [0.717, 1.165) is 52.5 Å². The van der Waals surface area contributed by atoms with E-state index in [4.69, 9.17) is 4.74 Å². The predicted octanol–water partition coefficient (Wildman–Crippen LogP) is 1.82. The zero-order valence-electron chi connectivity index (χ0n) is 14.2. The van der Waals surface area contributed by atoms with Crippen molar-refractivity contribution in [2.45, 2.75) is 33.4 Å². The molecule has 4 heteroatoms. The summed E-state index contributed by atoms with van der Waals surface area (Å²) >= 11 is 0. The monoisotopic (exact) mass is 306 g/mol. The topological polar surface area (TPSA) is 35.9 Å². The van der Waals surface area contributed by atoms with E-state index in [1.165, 1.54) is 16.7 Å². The summed E-state index contributed by atoms with van der Waals surface area (Å²) in [5.74, 6) is 0. The highest BCUT2D eigenvalue weighted by atomic mass is 16.5. The molecule has 1 atom stereocenters. The molecule has 0 aliphatic carbocycles. The van der Waals surface area contributed by atoms with Crippen LogP contribution in [0.15, 0.2) is 18.2 Å². The Bertz CT molecular complexity index is 456. The Morgan fingerprint density at radius 2 is 2.00 bits per heavy atom. The number of hydrogen-bond donors (Lipinski definition) is 1. The lowest BCUT2D eigenvalue weighted by Crippen LogP contribution is -2.42. The maximum Gasteiger partial charge on any atom is 0.0639 e. The van der Waals surface area contributed by atoms with Crippen LogP contribution in [-0.2, 0) is 11.3 Å². The molecule has 0 radical (unpaired) electrons. The standard InChI is InChI=1S/C18H30N2O2/c1-15-4-5-16(2)18(12-15)14-20(13-17(3)21)7-6-19-8-10-22-11-9-19/h4-5,12,17,21H,6-11,13-14H2,1-3H3. The number of nitrogens with zero attached hydrogens (tertiary/aromatic N) is 2. The van der Waals surface area contributed by atoms with Gasteiger partial charge in [-0.3, -0.25) is 9.80 Å². The summed E-state index contributed by atoms with van der Waals surface area (Å²) in [4.78, 5) is 4.81.